The molecule has 1 aromatic heterocycles. The number of carbonyl (C=O) groups is 1. The molecule has 3 fully saturated rings. The minimum absolute atomic E-state index is 0.0773. The minimum atomic E-state index is -0.152. The summed E-state index contributed by atoms with van der Waals surface area (Å²) in [7, 11) is 0. The average Bonchev–Trinajstić information content (AvgIpc) is 3.72. The molecule has 1 saturated carbocycles. The molecule has 0 bridgehead atoms. The van der Waals surface area contributed by atoms with Crippen LogP contribution in [0.1, 0.15) is 60.1 Å². The van der Waals surface area contributed by atoms with Crippen molar-refractivity contribution >= 4 is 11.6 Å². The molecule has 3 heterocycles. The Hall–Kier alpha value is -3.63. The van der Waals surface area contributed by atoms with E-state index in [1.807, 2.05) is 12.1 Å². The summed E-state index contributed by atoms with van der Waals surface area (Å²) in [6.45, 7) is 6.16. The third kappa shape index (κ3) is 5.38. The van der Waals surface area contributed by atoms with Gasteiger partial charge in [-0.2, -0.15) is 5.26 Å². The molecule has 40 heavy (non-hydrogen) atoms. The molecule has 7 nitrogen and oxygen atoms in total. The first kappa shape index (κ1) is 26.6. The van der Waals surface area contributed by atoms with E-state index in [9.17, 15) is 4.79 Å². The van der Waals surface area contributed by atoms with Crippen molar-refractivity contribution in [3.63, 3.8) is 0 Å². The summed E-state index contributed by atoms with van der Waals surface area (Å²) in [5, 5.41) is 12.3. The molecule has 2 aliphatic heterocycles. The third-order valence-electron chi connectivity index (χ3n) is 9.75. The Kier molecular flexibility index (Phi) is 7.88. The molecule has 0 radical (unpaired) electrons. The lowest BCUT2D eigenvalue weighted by Crippen LogP contribution is -2.55. The van der Waals surface area contributed by atoms with Gasteiger partial charge in [0.1, 0.15) is 6.26 Å². The van der Waals surface area contributed by atoms with Gasteiger partial charge in [0.15, 0.2) is 12.1 Å². The smallest absolute Gasteiger partial charge is 0.273 e. The topological polar surface area (TPSA) is 85.4 Å². The molecule has 2 aromatic carbocycles. The highest BCUT2D eigenvalue weighted by atomic mass is 16.3. The van der Waals surface area contributed by atoms with Crippen molar-refractivity contribution in [1.29, 1.82) is 5.26 Å². The first-order valence-corrected chi connectivity index (χ1v) is 14.8. The number of amides is 1. The number of likely N-dealkylation sites (tertiary alicyclic amines) is 1. The molecule has 1 aliphatic carbocycles. The van der Waals surface area contributed by atoms with Crippen LogP contribution in [-0.4, -0.2) is 55.1 Å². The summed E-state index contributed by atoms with van der Waals surface area (Å²) < 4.78 is 5.07. The summed E-state index contributed by atoms with van der Waals surface area (Å²) in [5.74, 6) is 1.61. The number of benzene rings is 2. The van der Waals surface area contributed by atoms with Crippen molar-refractivity contribution in [3.05, 3.63) is 84.1 Å². The van der Waals surface area contributed by atoms with E-state index in [0.29, 0.717) is 35.6 Å². The zero-order chi connectivity index (χ0) is 27.4. The number of oxazole rings is 1. The first-order chi connectivity index (χ1) is 19.7. The van der Waals surface area contributed by atoms with Crippen LogP contribution in [0.4, 0.5) is 5.69 Å². The first-order valence-electron chi connectivity index (χ1n) is 14.8. The van der Waals surface area contributed by atoms with Crippen molar-refractivity contribution in [1.82, 2.24) is 15.2 Å². The highest BCUT2D eigenvalue weighted by Gasteiger charge is 2.48. The predicted molar refractivity (Wildman–Crippen MR) is 155 cm³/mol. The summed E-state index contributed by atoms with van der Waals surface area (Å²) >= 11 is 0. The predicted octanol–water partition coefficient (Wildman–Crippen LogP) is 5.25. The van der Waals surface area contributed by atoms with Gasteiger partial charge in [-0.05, 0) is 80.4 Å². The Balaban J connectivity index is 1.12. The van der Waals surface area contributed by atoms with Crippen LogP contribution < -0.4 is 10.2 Å². The van der Waals surface area contributed by atoms with Gasteiger partial charge in [-0.3, -0.25) is 4.79 Å². The minimum Gasteiger partial charge on any atom is -0.451 e. The third-order valence-corrected chi connectivity index (χ3v) is 9.75. The number of nitrogens with zero attached hydrogens (tertiary/aromatic N) is 4. The number of carbonyl (C=O) groups excluding carboxylic acids is 1. The SMILES string of the molecule is N#Cc1ccc(N2CC(CN3CCC(C(CNC(=O)c4cocn4)(c4ccccc4)C4CCCC4)CC3)C2)cc1. The second-order valence-electron chi connectivity index (χ2n) is 11.9. The average molecular weight is 538 g/mol. The fourth-order valence-corrected chi connectivity index (χ4v) is 7.67. The van der Waals surface area contributed by atoms with Crippen LogP contribution in [0.5, 0.6) is 0 Å². The van der Waals surface area contributed by atoms with Crippen LogP contribution in [0.25, 0.3) is 0 Å². The number of nitriles is 1. The van der Waals surface area contributed by atoms with E-state index in [2.05, 4.69) is 68.6 Å². The molecular weight excluding hydrogens is 498 g/mol. The Morgan fingerprint density at radius 2 is 1.70 bits per heavy atom. The van der Waals surface area contributed by atoms with Crippen molar-refractivity contribution in [2.75, 3.05) is 44.2 Å². The largest absolute Gasteiger partial charge is 0.451 e. The molecule has 1 atom stereocenters. The standard InChI is InChI=1S/C33H39N5O2/c34-18-25-10-12-30(13-11-25)38-20-26(21-38)19-37-16-14-29(15-17-37)33(28-8-4-5-9-28,27-6-2-1-3-7-27)23-35-32(39)31-22-40-24-36-31/h1-3,6-7,10-13,22,24,26,28-29H,4-5,8-9,14-17,19-21,23H2,(H,35,39). The zero-order valence-electron chi connectivity index (χ0n) is 23.2. The highest BCUT2D eigenvalue weighted by Crippen LogP contribution is 2.50. The van der Waals surface area contributed by atoms with Gasteiger partial charge in [0.25, 0.3) is 5.91 Å². The van der Waals surface area contributed by atoms with Crippen molar-refractivity contribution < 1.29 is 9.21 Å². The number of aromatic nitrogens is 1. The van der Waals surface area contributed by atoms with Gasteiger partial charge < -0.3 is 19.5 Å². The van der Waals surface area contributed by atoms with E-state index < -0.39 is 0 Å². The maximum absolute atomic E-state index is 13.0. The van der Waals surface area contributed by atoms with Gasteiger partial charge in [-0.25, -0.2) is 4.98 Å². The zero-order valence-corrected chi connectivity index (χ0v) is 23.2. The summed E-state index contributed by atoms with van der Waals surface area (Å²) in [6.07, 6.45) is 10.0. The van der Waals surface area contributed by atoms with Crippen LogP contribution in [0, 0.1) is 29.1 Å². The van der Waals surface area contributed by atoms with Crippen molar-refractivity contribution in [2.24, 2.45) is 17.8 Å². The molecule has 1 N–H and O–H groups in total. The van der Waals surface area contributed by atoms with Crippen LogP contribution in [-0.2, 0) is 5.41 Å². The van der Waals surface area contributed by atoms with Crippen LogP contribution in [0.2, 0.25) is 0 Å². The van der Waals surface area contributed by atoms with Crippen LogP contribution >= 0.6 is 0 Å². The van der Waals surface area contributed by atoms with Gasteiger partial charge in [0.05, 0.1) is 11.6 Å². The Morgan fingerprint density at radius 1 is 1.00 bits per heavy atom. The molecule has 2 saturated heterocycles. The molecule has 1 amide bonds. The highest BCUT2D eigenvalue weighted by molar-refractivity contribution is 5.91. The summed E-state index contributed by atoms with van der Waals surface area (Å²) in [6, 6.07) is 21.1. The lowest BCUT2D eigenvalue weighted by atomic mass is 9.59. The second-order valence-corrected chi connectivity index (χ2v) is 11.9. The molecule has 6 rings (SSSR count). The van der Waals surface area contributed by atoms with E-state index in [4.69, 9.17) is 9.68 Å². The number of nitrogens with one attached hydrogen (secondary N) is 1. The maximum Gasteiger partial charge on any atom is 0.273 e. The lowest BCUT2D eigenvalue weighted by Gasteiger charge is -2.50. The molecule has 0 spiro atoms. The Morgan fingerprint density at radius 3 is 2.35 bits per heavy atom. The number of hydrogen-bond acceptors (Lipinski definition) is 6. The van der Waals surface area contributed by atoms with Crippen molar-refractivity contribution in [2.45, 2.75) is 43.9 Å². The van der Waals surface area contributed by atoms with Gasteiger partial charge in [0, 0.05) is 43.2 Å². The van der Waals surface area contributed by atoms with Gasteiger partial charge in [-0.1, -0.05) is 43.2 Å². The normalized spacial score (nSPS) is 20.5. The van der Waals surface area contributed by atoms with Crippen LogP contribution in [0.3, 0.4) is 0 Å². The monoisotopic (exact) mass is 537 g/mol. The second kappa shape index (κ2) is 11.9. The summed E-state index contributed by atoms with van der Waals surface area (Å²) in [4.78, 5) is 22.2. The van der Waals surface area contributed by atoms with Gasteiger partial charge in [-0.15, -0.1) is 0 Å². The molecule has 3 aromatic rings. The fourth-order valence-electron chi connectivity index (χ4n) is 7.67. The van der Waals surface area contributed by atoms with E-state index in [1.54, 1.807) is 0 Å². The Labute approximate surface area is 237 Å². The van der Waals surface area contributed by atoms with Crippen LogP contribution in [0.15, 0.2) is 71.7 Å². The molecule has 1 unspecified atom stereocenters. The molecule has 3 aliphatic rings. The number of rotatable bonds is 9. The lowest BCUT2D eigenvalue weighted by molar-refractivity contribution is 0.0696. The summed E-state index contributed by atoms with van der Waals surface area (Å²) in [5.41, 5.74) is 3.57. The number of hydrogen-bond donors (Lipinski definition) is 1. The van der Waals surface area contributed by atoms with Crippen molar-refractivity contribution in [3.8, 4) is 6.07 Å². The maximum atomic E-state index is 13.0. The molecular formula is C33H39N5O2. The Bertz CT molecular complexity index is 1280. The van der Waals surface area contributed by atoms with E-state index in [0.717, 1.165) is 45.6 Å². The van der Waals surface area contributed by atoms with E-state index >= 15 is 0 Å². The number of anilines is 1. The fraction of sp³-hybridized carbons (Fsp3) is 0.485. The molecule has 208 valence electrons. The van der Waals surface area contributed by atoms with E-state index in [1.165, 1.54) is 49.6 Å². The van der Waals surface area contributed by atoms with Gasteiger partial charge >= 0.3 is 0 Å². The number of piperidine rings is 1. The van der Waals surface area contributed by atoms with Gasteiger partial charge in [0.2, 0.25) is 0 Å². The van der Waals surface area contributed by atoms with E-state index in [-0.39, 0.29) is 11.3 Å². The molecule has 7 heteroatoms. The quantitative estimate of drug-likeness (QED) is 0.401.